The topological polar surface area (TPSA) is 30.7 Å². The smallest absolute Gasteiger partial charge is 0.127 e. The third-order valence-electron chi connectivity index (χ3n) is 4.58. The average Bonchev–Trinajstić information content (AvgIpc) is 2.83. The molecule has 3 nitrogen and oxygen atoms in total. The van der Waals surface area contributed by atoms with Crippen LogP contribution in [-0.4, -0.2) is 20.3 Å². The van der Waals surface area contributed by atoms with Crippen LogP contribution in [-0.2, 0) is 7.05 Å². The van der Waals surface area contributed by atoms with Gasteiger partial charge in [-0.05, 0) is 56.6 Å². The molecule has 3 rings (SSSR count). The molecule has 0 saturated carbocycles. The zero-order chi connectivity index (χ0) is 18.1. The van der Waals surface area contributed by atoms with Crippen molar-refractivity contribution in [3.05, 3.63) is 40.8 Å². The standard InChI is InChI=1S/C21H27N3S/c1-7-8-9-25-21-20-19(22-16(5)23-21)17(12-24(20)6)18-14(3)10-13(2)11-15(18)4/h10-12H,7-9H2,1-6H3. The van der Waals surface area contributed by atoms with Crippen molar-refractivity contribution in [3.63, 3.8) is 0 Å². The van der Waals surface area contributed by atoms with Gasteiger partial charge in [0.2, 0.25) is 0 Å². The molecule has 132 valence electrons. The quantitative estimate of drug-likeness (QED) is 0.332. The lowest BCUT2D eigenvalue weighted by Crippen LogP contribution is -1.96. The summed E-state index contributed by atoms with van der Waals surface area (Å²) in [5.74, 6) is 1.95. The van der Waals surface area contributed by atoms with Crippen molar-refractivity contribution in [1.29, 1.82) is 0 Å². The second kappa shape index (κ2) is 7.20. The maximum Gasteiger partial charge on any atom is 0.127 e. The Morgan fingerprint density at radius 1 is 1.04 bits per heavy atom. The second-order valence-electron chi connectivity index (χ2n) is 6.90. The van der Waals surface area contributed by atoms with E-state index >= 15 is 0 Å². The van der Waals surface area contributed by atoms with Crippen LogP contribution in [0.1, 0.15) is 42.3 Å². The predicted molar refractivity (Wildman–Crippen MR) is 109 cm³/mol. The molecule has 0 spiro atoms. The van der Waals surface area contributed by atoms with Gasteiger partial charge in [0.1, 0.15) is 21.9 Å². The van der Waals surface area contributed by atoms with Crippen LogP contribution in [0.2, 0.25) is 0 Å². The van der Waals surface area contributed by atoms with Crippen molar-refractivity contribution in [2.45, 2.75) is 52.5 Å². The monoisotopic (exact) mass is 353 g/mol. The van der Waals surface area contributed by atoms with Crippen LogP contribution in [0.3, 0.4) is 0 Å². The Hall–Kier alpha value is -1.81. The molecule has 0 aliphatic heterocycles. The number of nitrogens with zero attached hydrogens (tertiary/aromatic N) is 3. The van der Waals surface area contributed by atoms with Crippen LogP contribution in [0.25, 0.3) is 22.2 Å². The Morgan fingerprint density at radius 2 is 1.72 bits per heavy atom. The maximum atomic E-state index is 4.82. The molecule has 0 aliphatic carbocycles. The predicted octanol–water partition coefficient (Wildman–Crippen LogP) is 5.76. The first-order chi connectivity index (χ1) is 11.9. The van der Waals surface area contributed by atoms with E-state index in [0.29, 0.717) is 0 Å². The normalized spacial score (nSPS) is 11.4. The Labute approximate surface area is 154 Å². The summed E-state index contributed by atoms with van der Waals surface area (Å²) in [4.78, 5) is 9.55. The van der Waals surface area contributed by atoms with E-state index in [2.05, 4.69) is 57.6 Å². The molecule has 1 aromatic carbocycles. The Kier molecular flexibility index (Phi) is 5.19. The van der Waals surface area contributed by atoms with Crippen LogP contribution in [0.4, 0.5) is 0 Å². The largest absolute Gasteiger partial charge is 0.346 e. The van der Waals surface area contributed by atoms with E-state index < -0.39 is 0 Å². The summed E-state index contributed by atoms with van der Waals surface area (Å²) in [6.07, 6.45) is 4.64. The minimum absolute atomic E-state index is 0.848. The number of hydrogen-bond acceptors (Lipinski definition) is 3. The number of thioether (sulfide) groups is 1. The molecule has 0 amide bonds. The van der Waals surface area contributed by atoms with Crippen LogP contribution >= 0.6 is 11.8 Å². The van der Waals surface area contributed by atoms with Crippen molar-refractivity contribution in [2.24, 2.45) is 7.05 Å². The number of hydrogen-bond donors (Lipinski definition) is 0. The highest BCUT2D eigenvalue weighted by Crippen LogP contribution is 2.37. The average molecular weight is 354 g/mol. The van der Waals surface area contributed by atoms with Crippen molar-refractivity contribution in [1.82, 2.24) is 14.5 Å². The minimum Gasteiger partial charge on any atom is -0.346 e. The van der Waals surface area contributed by atoms with Gasteiger partial charge in [0, 0.05) is 18.8 Å². The van der Waals surface area contributed by atoms with Gasteiger partial charge in [-0.2, -0.15) is 0 Å². The van der Waals surface area contributed by atoms with E-state index in [1.165, 1.54) is 40.7 Å². The van der Waals surface area contributed by atoms with E-state index in [9.17, 15) is 0 Å². The molecule has 4 heteroatoms. The first-order valence-electron chi connectivity index (χ1n) is 8.97. The van der Waals surface area contributed by atoms with Gasteiger partial charge in [0.15, 0.2) is 0 Å². The molecule has 3 aromatic rings. The fraction of sp³-hybridized carbons (Fsp3) is 0.429. The van der Waals surface area contributed by atoms with E-state index in [-0.39, 0.29) is 0 Å². The molecule has 0 atom stereocenters. The van der Waals surface area contributed by atoms with Gasteiger partial charge in [-0.15, -0.1) is 11.8 Å². The van der Waals surface area contributed by atoms with Gasteiger partial charge in [-0.25, -0.2) is 9.97 Å². The van der Waals surface area contributed by atoms with E-state index in [1.807, 2.05) is 18.7 Å². The summed E-state index contributed by atoms with van der Waals surface area (Å²) in [6, 6.07) is 4.51. The minimum atomic E-state index is 0.848. The number of fused-ring (bicyclic) bond motifs is 1. The lowest BCUT2D eigenvalue weighted by Gasteiger charge is -2.11. The molecule has 25 heavy (non-hydrogen) atoms. The van der Waals surface area contributed by atoms with Gasteiger partial charge in [-0.1, -0.05) is 31.0 Å². The van der Waals surface area contributed by atoms with Crippen LogP contribution < -0.4 is 0 Å². The lowest BCUT2D eigenvalue weighted by atomic mass is 9.95. The molecule has 2 heterocycles. The highest BCUT2D eigenvalue weighted by atomic mass is 32.2. The van der Waals surface area contributed by atoms with E-state index in [1.54, 1.807) is 0 Å². The molecule has 2 aromatic heterocycles. The lowest BCUT2D eigenvalue weighted by molar-refractivity contribution is 0.889. The third-order valence-corrected chi connectivity index (χ3v) is 5.63. The van der Waals surface area contributed by atoms with Gasteiger partial charge in [-0.3, -0.25) is 0 Å². The van der Waals surface area contributed by atoms with Gasteiger partial charge in [0.05, 0.1) is 0 Å². The molecule has 0 bridgehead atoms. The van der Waals surface area contributed by atoms with Crippen LogP contribution in [0, 0.1) is 27.7 Å². The molecule has 0 saturated heterocycles. The Morgan fingerprint density at radius 3 is 2.36 bits per heavy atom. The molecule has 0 radical (unpaired) electrons. The van der Waals surface area contributed by atoms with Crippen molar-refractivity contribution in [2.75, 3.05) is 5.75 Å². The molecular formula is C21H27N3S. The number of aromatic nitrogens is 3. The summed E-state index contributed by atoms with van der Waals surface area (Å²) >= 11 is 1.85. The highest BCUT2D eigenvalue weighted by Gasteiger charge is 2.18. The second-order valence-corrected chi connectivity index (χ2v) is 7.99. The zero-order valence-corrected chi connectivity index (χ0v) is 16.9. The van der Waals surface area contributed by atoms with Crippen molar-refractivity contribution < 1.29 is 0 Å². The zero-order valence-electron chi connectivity index (χ0n) is 16.1. The Balaban J connectivity index is 2.22. The summed E-state index contributed by atoms with van der Waals surface area (Å²) < 4.78 is 2.19. The fourth-order valence-electron chi connectivity index (χ4n) is 3.57. The van der Waals surface area contributed by atoms with Crippen molar-refractivity contribution in [3.8, 4) is 11.1 Å². The molecular weight excluding hydrogens is 326 g/mol. The fourth-order valence-corrected chi connectivity index (χ4v) is 4.77. The van der Waals surface area contributed by atoms with Gasteiger partial charge >= 0.3 is 0 Å². The summed E-state index contributed by atoms with van der Waals surface area (Å²) in [5.41, 5.74) is 8.67. The van der Waals surface area contributed by atoms with Gasteiger partial charge in [0.25, 0.3) is 0 Å². The first-order valence-corrected chi connectivity index (χ1v) is 9.95. The molecule has 0 N–H and O–H groups in total. The third kappa shape index (κ3) is 3.45. The first kappa shape index (κ1) is 18.0. The summed E-state index contributed by atoms with van der Waals surface area (Å²) in [5, 5.41) is 1.10. The van der Waals surface area contributed by atoms with Crippen molar-refractivity contribution >= 4 is 22.8 Å². The maximum absolute atomic E-state index is 4.82. The van der Waals surface area contributed by atoms with Crippen LogP contribution in [0.15, 0.2) is 23.4 Å². The molecule has 0 aliphatic rings. The molecule has 0 unspecified atom stereocenters. The summed E-state index contributed by atoms with van der Waals surface area (Å²) in [6.45, 7) is 10.8. The van der Waals surface area contributed by atoms with Crippen LogP contribution in [0.5, 0.6) is 0 Å². The van der Waals surface area contributed by atoms with E-state index in [4.69, 9.17) is 9.97 Å². The summed E-state index contributed by atoms with van der Waals surface area (Å²) in [7, 11) is 2.10. The Bertz CT molecular complexity index is 902. The number of benzene rings is 1. The van der Waals surface area contributed by atoms with E-state index in [0.717, 1.165) is 27.6 Å². The SMILES string of the molecule is CCCCSc1nc(C)nc2c(-c3c(C)cc(C)cc3C)cn(C)c12. The molecule has 0 fully saturated rings. The van der Waals surface area contributed by atoms with Gasteiger partial charge < -0.3 is 4.57 Å². The number of rotatable bonds is 5. The number of aryl methyl sites for hydroxylation is 5. The highest BCUT2D eigenvalue weighted by molar-refractivity contribution is 7.99. The number of unbranched alkanes of at least 4 members (excludes halogenated alkanes) is 1.